The molecule has 0 aliphatic rings. The summed E-state index contributed by atoms with van der Waals surface area (Å²) in [5, 5.41) is 9.40. The maximum atomic E-state index is 10.4. The summed E-state index contributed by atoms with van der Waals surface area (Å²) in [7, 11) is 0. The molecule has 0 amide bonds. The predicted molar refractivity (Wildman–Crippen MR) is 87.6 cm³/mol. The molecule has 2 heterocycles. The zero-order valence-corrected chi connectivity index (χ0v) is 13.6. The zero-order valence-electron chi connectivity index (χ0n) is 13.6. The fraction of sp³-hybridized carbons (Fsp3) is 0.438. The van der Waals surface area contributed by atoms with Gasteiger partial charge in [-0.1, -0.05) is 40.7 Å². The van der Waals surface area contributed by atoms with Crippen LogP contribution in [0.4, 0.5) is 0 Å². The molecule has 5 heteroatoms. The predicted octanol–water partition coefficient (Wildman–Crippen LogP) is 4.48. The Kier molecular flexibility index (Phi) is 14.3. The van der Waals surface area contributed by atoms with Gasteiger partial charge in [-0.05, 0) is 18.2 Å². The largest absolute Gasteiger partial charge is 0.323 e. The number of rotatable bonds is 3. The number of hydrogen-bond donors (Lipinski definition) is 0. The Bertz CT molecular complexity index is 474. The molecule has 0 bridgehead atoms. The first kappa shape index (κ1) is 21.1. The molecule has 21 heavy (non-hydrogen) atoms. The van der Waals surface area contributed by atoms with E-state index in [1.54, 1.807) is 6.92 Å². The highest BCUT2D eigenvalue weighted by Gasteiger charge is 1.94. The lowest BCUT2D eigenvalue weighted by molar-refractivity contribution is -0.479. The fourth-order valence-electron chi connectivity index (χ4n) is 1.32. The highest BCUT2D eigenvalue weighted by molar-refractivity contribution is 5.78. The Morgan fingerprint density at radius 3 is 2.24 bits per heavy atom. The lowest BCUT2D eigenvalue weighted by atomic mass is 10.3. The Hall–Kier alpha value is -2.17. The van der Waals surface area contributed by atoms with Gasteiger partial charge in [-0.15, -0.1) is 0 Å². The van der Waals surface area contributed by atoms with Crippen molar-refractivity contribution in [2.75, 3.05) is 6.54 Å². The average molecular weight is 294 g/mol. The molecule has 2 aromatic rings. The SMILES string of the molecule is CC.CC.CCC[N+](=O)[O-].O=Cc1cc2ccccn2c1. The third-order valence-electron chi connectivity index (χ3n) is 2.07. The molecule has 2 rings (SSSR count). The van der Waals surface area contributed by atoms with E-state index in [2.05, 4.69) is 0 Å². The van der Waals surface area contributed by atoms with Crippen LogP contribution in [0, 0.1) is 10.1 Å². The van der Waals surface area contributed by atoms with Gasteiger partial charge in [0.2, 0.25) is 6.54 Å². The Morgan fingerprint density at radius 1 is 1.24 bits per heavy atom. The number of aromatic nitrogens is 1. The van der Waals surface area contributed by atoms with E-state index in [-0.39, 0.29) is 11.5 Å². The third kappa shape index (κ3) is 9.38. The second-order valence-electron chi connectivity index (χ2n) is 3.48. The van der Waals surface area contributed by atoms with Crippen molar-refractivity contribution < 1.29 is 9.72 Å². The quantitative estimate of drug-likeness (QED) is 0.476. The normalized spacial score (nSPS) is 8.24. The van der Waals surface area contributed by atoms with Crippen LogP contribution in [0.15, 0.2) is 36.7 Å². The molecule has 0 atom stereocenters. The van der Waals surface area contributed by atoms with Gasteiger partial charge in [-0.25, -0.2) is 0 Å². The van der Waals surface area contributed by atoms with Crippen LogP contribution < -0.4 is 0 Å². The van der Waals surface area contributed by atoms with Gasteiger partial charge in [0.05, 0.1) is 0 Å². The van der Waals surface area contributed by atoms with Crippen LogP contribution >= 0.6 is 0 Å². The zero-order chi connectivity index (χ0) is 16.7. The van der Waals surface area contributed by atoms with Crippen molar-refractivity contribution >= 4 is 11.8 Å². The van der Waals surface area contributed by atoms with Gasteiger partial charge >= 0.3 is 0 Å². The van der Waals surface area contributed by atoms with Gasteiger partial charge < -0.3 is 4.40 Å². The highest BCUT2D eigenvalue weighted by Crippen LogP contribution is 2.06. The molecule has 0 N–H and O–H groups in total. The lowest BCUT2D eigenvalue weighted by Gasteiger charge is -1.88. The molecule has 5 nitrogen and oxygen atoms in total. The summed E-state index contributed by atoms with van der Waals surface area (Å²) in [5.41, 5.74) is 1.77. The van der Waals surface area contributed by atoms with E-state index in [9.17, 15) is 14.9 Å². The molecule has 0 saturated heterocycles. The molecule has 0 spiro atoms. The van der Waals surface area contributed by atoms with Crippen LogP contribution in [0.1, 0.15) is 51.4 Å². The van der Waals surface area contributed by atoms with Crippen molar-refractivity contribution in [2.24, 2.45) is 0 Å². The van der Waals surface area contributed by atoms with Gasteiger partial charge in [0.25, 0.3) is 0 Å². The third-order valence-corrected chi connectivity index (χ3v) is 2.07. The minimum absolute atomic E-state index is 0.0972. The number of pyridine rings is 1. The highest BCUT2D eigenvalue weighted by atomic mass is 16.6. The van der Waals surface area contributed by atoms with Crippen LogP contribution in [0.2, 0.25) is 0 Å². The minimum atomic E-state index is -0.319. The number of aldehydes is 1. The molecule has 2 aromatic heterocycles. The Morgan fingerprint density at radius 2 is 1.86 bits per heavy atom. The number of hydrogen-bond acceptors (Lipinski definition) is 3. The topological polar surface area (TPSA) is 64.6 Å². The van der Waals surface area contributed by atoms with Crippen LogP contribution in [0.5, 0.6) is 0 Å². The second-order valence-corrected chi connectivity index (χ2v) is 3.48. The van der Waals surface area contributed by atoms with Gasteiger partial charge in [-0.3, -0.25) is 14.9 Å². The van der Waals surface area contributed by atoms with Crippen LogP contribution in [0.25, 0.3) is 5.52 Å². The van der Waals surface area contributed by atoms with Crippen molar-refractivity contribution in [1.82, 2.24) is 4.40 Å². The summed E-state index contributed by atoms with van der Waals surface area (Å²) < 4.78 is 1.92. The summed E-state index contributed by atoms with van der Waals surface area (Å²) >= 11 is 0. The number of carbonyl (C=O) groups is 1. The van der Waals surface area contributed by atoms with Gasteiger partial charge in [0, 0.05) is 34.8 Å². The van der Waals surface area contributed by atoms with Crippen molar-refractivity contribution in [3.63, 3.8) is 0 Å². The van der Waals surface area contributed by atoms with Crippen molar-refractivity contribution in [3.05, 3.63) is 52.3 Å². The lowest BCUT2D eigenvalue weighted by Crippen LogP contribution is -1.96. The van der Waals surface area contributed by atoms with E-state index in [0.717, 1.165) is 17.4 Å². The van der Waals surface area contributed by atoms with Crippen LogP contribution in [-0.4, -0.2) is 22.2 Å². The van der Waals surface area contributed by atoms with E-state index >= 15 is 0 Å². The monoisotopic (exact) mass is 294 g/mol. The molecular weight excluding hydrogens is 268 g/mol. The summed E-state index contributed by atoms with van der Waals surface area (Å²) in [5.74, 6) is 0. The first-order valence-electron chi connectivity index (χ1n) is 7.31. The minimum Gasteiger partial charge on any atom is -0.323 e. The Labute approximate surface area is 126 Å². The molecule has 0 radical (unpaired) electrons. The standard InChI is InChI=1S/C9H7NO.C3H7NO2.2C2H6/c11-7-8-5-9-3-1-2-4-10(9)6-8;1-2-3-4(5)6;2*1-2/h1-7H;2-3H2,1H3;2*1-2H3. The first-order chi connectivity index (χ1) is 10.2. The smallest absolute Gasteiger partial charge is 0.203 e. The summed E-state index contributed by atoms with van der Waals surface area (Å²) in [6.07, 6.45) is 5.21. The van der Waals surface area contributed by atoms with E-state index in [1.165, 1.54) is 0 Å². The first-order valence-corrected chi connectivity index (χ1v) is 7.31. The molecule has 0 aromatic carbocycles. The van der Waals surface area contributed by atoms with E-state index in [1.807, 2.05) is 68.8 Å². The molecule has 0 fully saturated rings. The maximum absolute atomic E-state index is 10.4. The number of nitro groups is 1. The van der Waals surface area contributed by atoms with E-state index < -0.39 is 0 Å². The second kappa shape index (κ2) is 14.2. The number of carbonyl (C=O) groups excluding carboxylic acids is 1. The van der Waals surface area contributed by atoms with Gasteiger partial charge in [-0.2, -0.15) is 0 Å². The summed E-state index contributed by atoms with van der Waals surface area (Å²) in [6, 6.07) is 7.70. The number of nitrogens with zero attached hydrogens (tertiary/aromatic N) is 2. The van der Waals surface area contributed by atoms with Gasteiger partial charge in [0.15, 0.2) is 6.29 Å². The molecule has 0 unspecified atom stereocenters. The molecule has 0 aliphatic carbocycles. The average Bonchev–Trinajstić information content (AvgIpc) is 2.95. The van der Waals surface area contributed by atoms with Crippen LogP contribution in [0.3, 0.4) is 0 Å². The Balaban J connectivity index is 0. The van der Waals surface area contributed by atoms with Crippen molar-refractivity contribution in [2.45, 2.75) is 41.0 Å². The van der Waals surface area contributed by atoms with E-state index in [0.29, 0.717) is 6.42 Å². The van der Waals surface area contributed by atoms with Gasteiger partial charge in [0.1, 0.15) is 0 Å². The van der Waals surface area contributed by atoms with Crippen molar-refractivity contribution in [1.29, 1.82) is 0 Å². The molecular formula is C16H26N2O3. The summed E-state index contributed by atoms with van der Waals surface area (Å²) in [4.78, 5) is 19.4. The fourth-order valence-corrected chi connectivity index (χ4v) is 1.32. The summed E-state index contributed by atoms with van der Waals surface area (Å²) in [6.45, 7) is 9.88. The molecule has 118 valence electrons. The van der Waals surface area contributed by atoms with E-state index in [4.69, 9.17) is 0 Å². The number of fused-ring (bicyclic) bond motifs is 1. The molecule has 0 saturated carbocycles. The van der Waals surface area contributed by atoms with Crippen molar-refractivity contribution in [3.8, 4) is 0 Å². The maximum Gasteiger partial charge on any atom is 0.203 e. The molecule has 0 aliphatic heterocycles. The van der Waals surface area contributed by atoms with Crippen LogP contribution in [-0.2, 0) is 0 Å².